The third-order valence-electron chi connectivity index (χ3n) is 6.01. The summed E-state index contributed by atoms with van der Waals surface area (Å²) in [4.78, 5) is 0. The Balaban J connectivity index is 1.74. The van der Waals surface area contributed by atoms with Crippen molar-refractivity contribution in [3.05, 3.63) is 0 Å². The average molecular weight is 472 g/mol. The van der Waals surface area contributed by atoms with Crippen molar-refractivity contribution in [3.63, 3.8) is 0 Å². The molecule has 0 aromatic heterocycles. The van der Waals surface area contributed by atoms with Crippen LogP contribution < -0.4 is 0 Å². The predicted molar refractivity (Wildman–Crippen MR) is 98.4 cm³/mol. The van der Waals surface area contributed by atoms with Crippen LogP contribution in [0.15, 0.2) is 0 Å². The predicted octanol–water partition coefficient (Wildman–Crippen LogP) is -5.52. The molecule has 3 heterocycles. The number of aliphatic hydroxyl groups excluding tert-OH is 9. The summed E-state index contributed by atoms with van der Waals surface area (Å²) in [6.07, 6.45) is -22.4. The first-order valence-corrected chi connectivity index (χ1v) is 10.3. The van der Waals surface area contributed by atoms with E-state index >= 15 is 0 Å². The van der Waals surface area contributed by atoms with Crippen LogP contribution in [0.25, 0.3) is 0 Å². The largest absolute Gasteiger partial charge is 0.394 e. The van der Waals surface area contributed by atoms with Gasteiger partial charge in [-0.3, -0.25) is 0 Å². The van der Waals surface area contributed by atoms with Gasteiger partial charge in [-0.25, -0.2) is 0 Å². The summed E-state index contributed by atoms with van der Waals surface area (Å²) >= 11 is 0. The van der Waals surface area contributed by atoms with Gasteiger partial charge in [0.05, 0.1) is 18.8 Å². The minimum Gasteiger partial charge on any atom is -0.394 e. The van der Waals surface area contributed by atoms with Gasteiger partial charge in [0.15, 0.2) is 18.9 Å². The first-order chi connectivity index (χ1) is 15.0. The monoisotopic (exact) mass is 472 g/mol. The smallest absolute Gasteiger partial charge is 0.187 e. The summed E-state index contributed by atoms with van der Waals surface area (Å²) in [7, 11) is 0. The van der Waals surface area contributed by atoms with Crippen molar-refractivity contribution in [1.82, 2.24) is 0 Å². The molecule has 0 radical (unpaired) electrons. The molecule has 0 aliphatic carbocycles. The van der Waals surface area contributed by atoms with Crippen LogP contribution in [-0.4, -0.2) is 145 Å². The molecule has 15 atom stereocenters. The van der Waals surface area contributed by atoms with Crippen molar-refractivity contribution in [2.45, 2.75) is 106 Å². The Kier molecular flexibility index (Phi) is 8.44. The second-order valence-corrected chi connectivity index (χ2v) is 8.30. The van der Waals surface area contributed by atoms with E-state index in [2.05, 4.69) is 0 Å². The van der Waals surface area contributed by atoms with Gasteiger partial charge in [-0.1, -0.05) is 0 Å². The lowest BCUT2D eigenvalue weighted by atomic mass is 9.96. The van der Waals surface area contributed by atoms with Gasteiger partial charge in [-0.15, -0.1) is 0 Å². The fourth-order valence-electron chi connectivity index (χ4n) is 3.93. The van der Waals surface area contributed by atoms with Gasteiger partial charge < -0.3 is 69.6 Å². The average Bonchev–Trinajstić information content (AvgIpc) is 2.76. The van der Waals surface area contributed by atoms with Crippen LogP contribution >= 0.6 is 0 Å². The lowest BCUT2D eigenvalue weighted by Crippen LogP contribution is -2.66. The van der Waals surface area contributed by atoms with Crippen molar-refractivity contribution in [2.24, 2.45) is 0 Å². The molecule has 0 bridgehead atoms. The molecule has 14 heteroatoms. The maximum atomic E-state index is 10.8. The number of rotatable bonds is 5. The van der Waals surface area contributed by atoms with E-state index in [9.17, 15) is 46.0 Å². The van der Waals surface area contributed by atoms with E-state index in [1.165, 1.54) is 13.8 Å². The molecule has 3 aliphatic rings. The Morgan fingerprint density at radius 3 is 1.44 bits per heavy atom. The number of hydrogen-bond donors (Lipinski definition) is 9. The van der Waals surface area contributed by atoms with Crippen molar-refractivity contribution in [3.8, 4) is 0 Å². The molecule has 3 saturated heterocycles. The van der Waals surface area contributed by atoms with E-state index in [4.69, 9.17) is 23.7 Å². The fraction of sp³-hybridized carbons (Fsp3) is 1.00. The van der Waals surface area contributed by atoms with Crippen LogP contribution in [0.1, 0.15) is 13.8 Å². The van der Waals surface area contributed by atoms with Crippen LogP contribution in [0.2, 0.25) is 0 Å². The second-order valence-electron chi connectivity index (χ2n) is 8.30. The Hall–Kier alpha value is -0.560. The molecule has 0 aromatic carbocycles. The minimum atomic E-state index is -1.82. The van der Waals surface area contributed by atoms with E-state index < -0.39 is 98.7 Å². The topological polar surface area (TPSA) is 228 Å². The first kappa shape index (κ1) is 26.1. The number of aliphatic hydroxyl groups is 9. The van der Waals surface area contributed by atoms with Gasteiger partial charge in [0.25, 0.3) is 0 Å². The normalized spacial score (nSPS) is 55.0. The number of ether oxygens (including phenoxy) is 5. The van der Waals surface area contributed by atoms with E-state index in [0.717, 1.165) is 0 Å². The summed E-state index contributed by atoms with van der Waals surface area (Å²) in [5.74, 6) is 0. The molecule has 0 aromatic rings. The first-order valence-electron chi connectivity index (χ1n) is 10.3. The Bertz CT molecular complexity index is 610. The molecule has 32 heavy (non-hydrogen) atoms. The van der Waals surface area contributed by atoms with Crippen LogP contribution in [0.3, 0.4) is 0 Å². The molecule has 0 spiro atoms. The molecule has 0 saturated carbocycles. The van der Waals surface area contributed by atoms with Crippen LogP contribution in [0.4, 0.5) is 0 Å². The Morgan fingerprint density at radius 2 is 1.00 bits per heavy atom. The van der Waals surface area contributed by atoms with Crippen molar-refractivity contribution >= 4 is 0 Å². The molecule has 3 rings (SSSR count). The van der Waals surface area contributed by atoms with Crippen molar-refractivity contribution in [1.29, 1.82) is 0 Å². The van der Waals surface area contributed by atoms with E-state index in [0.29, 0.717) is 0 Å². The Morgan fingerprint density at radius 1 is 0.562 bits per heavy atom. The summed E-state index contributed by atoms with van der Waals surface area (Å²) in [6, 6.07) is 0. The third kappa shape index (κ3) is 4.94. The molecule has 3 fully saturated rings. The molecule has 188 valence electrons. The second kappa shape index (κ2) is 10.4. The molecule has 3 aliphatic heterocycles. The zero-order valence-corrected chi connectivity index (χ0v) is 17.4. The highest BCUT2D eigenvalue weighted by atomic mass is 16.7. The van der Waals surface area contributed by atoms with Gasteiger partial charge in [0.1, 0.15) is 61.0 Å². The number of hydrogen-bond acceptors (Lipinski definition) is 14. The van der Waals surface area contributed by atoms with Gasteiger partial charge in [-0.05, 0) is 13.8 Å². The highest BCUT2D eigenvalue weighted by Crippen LogP contribution is 2.32. The molecule has 0 amide bonds. The summed E-state index contributed by atoms with van der Waals surface area (Å²) < 4.78 is 26.8. The van der Waals surface area contributed by atoms with Crippen LogP contribution in [0.5, 0.6) is 0 Å². The van der Waals surface area contributed by atoms with E-state index in [-0.39, 0.29) is 0 Å². The maximum Gasteiger partial charge on any atom is 0.187 e. The molecular formula is C18H32O14. The van der Waals surface area contributed by atoms with Gasteiger partial charge in [0.2, 0.25) is 0 Å². The van der Waals surface area contributed by atoms with Crippen LogP contribution in [-0.2, 0) is 23.7 Å². The molecular weight excluding hydrogens is 440 g/mol. The van der Waals surface area contributed by atoms with Gasteiger partial charge in [-0.2, -0.15) is 0 Å². The zero-order chi connectivity index (χ0) is 23.9. The maximum absolute atomic E-state index is 10.8. The van der Waals surface area contributed by atoms with Crippen LogP contribution in [0, 0.1) is 0 Å². The third-order valence-corrected chi connectivity index (χ3v) is 6.01. The van der Waals surface area contributed by atoms with E-state index in [1.807, 2.05) is 0 Å². The minimum absolute atomic E-state index is 0.723. The molecule has 1 unspecified atom stereocenters. The standard InChI is InChI=1S/C18H32O14/c1-4-7(20)9(22)11(24)17(28-4)31-14-6(3-19)30-16(27)15(13(14)26)32-18-12(25)10(23)8(21)5(2)29-18/h4-27H,3H2,1-2H3/t4-,5-,6+,7-,8-,9+,10+,11+,12+,13-,14+,15+,16?,17-,18-/m0/s1. The zero-order valence-electron chi connectivity index (χ0n) is 17.4. The Labute approximate surface area is 183 Å². The van der Waals surface area contributed by atoms with Crippen molar-refractivity contribution < 1.29 is 69.6 Å². The van der Waals surface area contributed by atoms with Crippen molar-refractivity contribution in [2.75, 3.05) is 6.61 Å². The lowest BCUT2D eigenvalue weighted by Gasteiger charge is -2.47. The summed E-state index contributed by atoms with van der Waals surface area (Å²) in [5, 5.41) is 90.4. The SMILES string of the molecule is C[C@@H]1O[C@@H](O[C@H]2[C@H](O)[C@@H](O[C@@H]3O[C@@H](C)[C@H](O)[C@@H](O)[C@H]3O)C(O)O[C@@H]2CO)[C@H](O)[C@H](O)[C@H]1O. The fourth-order valence-corrected chi connectivity index (χ4v) is 3.93. The molecule has 9 N–H and O–H groups in total. The molecule has 14 nitrogen and oxygen atoms in total. The van der Waals surface area contributed by atoms with Gasteiger partial charge in [0, 0.05) is 0 Å². The highest BCUT2D eigenvalue weighted by Gasteiger charge is 2.52. The summed E-state index contributed by atoms with van der Waals surface area (Å²) in [5.41, 5.74) is 0. The lowest BCUT2D eigenvalue weighted by molar-refractivity contribution is -0.380. The highest BCUT2D eigenvalue weighted by molar-refractivity contribution is 4.95. The quantitative estimate of drug-likeness (QED) is 0.182. The van der Waals surface area contributed by atoms with E-state index in [1.54, 1.807) is 0 Å². The summed E-state index contributed by atoms with van der Waals surface area (Å²) in [6.45, 7) is 2.11. The van der Waals surface area contributed by atoms with Gasteiger partial charge >= 0.3 is 0 Å².